The number of carbonyl (C=O) groups is 1. The van der Waals surface area contributed by atoms with Crippen molar-refractivity contribution in [3.8, 4) is 0 Å². The van der Waals surface area contributed by atoms with Gasteiger partial charge in [-0.05, 0) is 56.2 Å². The van der Waals surface area contributed by atoms with Crippen LogP contribution in [-0.2, 0) is 9.53 Å². The van der Waals surface area contributed by atoms with E-state index >= 15 is 0 Å². The number of esters is 1. The lowest BCUT2D eigenvalue weighted by molar-refractivity contribution is -0.149. The van der Waals surface area contributed by atoms with Gasteiger partial charge in [0.25, 0.3) is 0 Å². The molecule has 0 radical (unpaired) electrons. The van der Waals surface area contributed by atoms with Crippen molar-refractivity contribution in [1.82, 2.24) is 0 Å². The highest BCUT2D eigenvalue weighted by Crippen LogP contribution is 2.38. The third-order valence-corrected chi connectivity index (χ3v) is 4.50. The van der Waals surface area contributed by atoms with Crippen molar-refractivity contribution in [3.05, 3.63) is 33.8 Å². The van der Waals surface area contributed by atoms with Gasteiger partial charge in [-0.1, -0.05) is 29.3 Å². The SMILES string of the molecule is CCOC(=O)C1CCC(c2ccc(Cl)c(Cl)c2)CC1. The molecule has 0 N–H and O–H groups in total. The van der Waals surface area contributed by atoms with Crippen LogP contribution in [-0.4, -0.2) is 12.6 Å². The topological polar surface area (TPSA) is 26.3 Å². The van der Waals surface area contributed by atoms with E-state index in [9.17, 15) is 4.79 Å². The fourth-order valence-corrected chi connectivity index (χ4v) is 3.00. The van der Waals surface area contributed by atoms with Crippen LogP contribution in [0.1, 0.15) is 44.1 Å². The zero-order chi connectivity index (χ0) is 13.8. The summed E-state index contributed by atoms with van der Waals surface area (Å²) >= 11 is 12.0. The minimum Gasteiger partial charge on any atom is -0.466 e. The quantitative estimate of drug-likeness (QED) is 0.747. The van der Waals surface area contributed by atoms with Gasteiger partial charge in [-0.2, -0.15) is 0 Å². The maximum absolute atomic E-state index is 11.7. The predicted octanol–water partition coefficient (Wildman–Crippen LogP) is 4.83. The van der Waals surface area contributed by atoms with Gasteiger partial charge in [-0.15, -0.1) is 0 Å². The standard InChI is InChI=1S/C15H18Cl2O2/c1-2-19-15(18)11-5-3-10(4-6-11)12-7-8-13(16)14(17)9-12/h7-11H,2-6H2,1H3. The fourth-order valence-electron chi connectivity index (χ4n) is 2.69. The Kier molecular flexibility index (Phi) is 5.12. The molecule has 0 atom stereocenters. The number of rotatable bonds is 3. The zero-order valence-corrected chi connectivity index (χ0v) is 12.5. The fraction of sp³-hybridized carbons (Fsp3) is 0.533. The molecule has 1 aromatic rings. The monoisotopic (exact) mass is 300 g/mol. The highest BCUT2D eigenvalue weighted by molar-refractivity contribution is 6.42. The summed E-state index contributed by atoms with van der Waals surface area (Å²) in [5.41, 5.74) is 1.22. The third-order valence-electron chi connectivity index (χ3n) is 3.76. The van der Waals surface area contributed by atoms with E-state index in [-0.39, 0.29) is 11.9 Å². The molecule has 1 aliphatic rings. The highest BCUT2D eigenvalue weighted by Gasteiger charge is 2.28. The lowest BCUT2D eigenvalue weighted by Crippen LogP contribution is -2.23. The normalized spacial score (nSPS) is 23.1. The second-order valence-corrected chi connectivity index (χ2v) is 5.79. The highest BCUT2D eigenvalue weighted by atomic mass is 35.5. The molecule has 0 amide bonds. The van der Waals surface area contributed by atoms with Crippen molar-refractivity contribution >= 4 is 29.2 Å². The first-order valence-corrected chi connectivity index (χ1v) is 7.49. The van der Waals surface area contributed by atoms with Crippen LogP contribution in [0, 0.1) is 5.92 Å². The van der Waals surface area contributed by atoms with Crippen molar-refractivity contribution in [2.45, 2.75) is 38.5 Å². The molecule has 0 unspecified atom stereocenters. The van der Waals surface area contributed by atoms with E-state index in [4.69, 9.17) is 27.9 Å². The summed E-state index contributed by atoms with van der Waals surface area (Å²) in [6.45, 7) is 2.31. The Morgan fingerprint density at radius 3 is 2.47 bits per heavy atom. The van der Waals surface area contributed by atoms with E-state index in [0.717, 1.165) is 25.7 Å². The van der Waals surface area contributed by atoms with E-state index in [1.165, 1.54) is 5.56 Å². The summed E-state index contributed by atoms with van der Waals surface area (Å²) in [6.07, 6.45) is 3.79. The van der Waals surface area contributed by atoms with Crippen LogP contribution in [0.4, 0.5) is 0 Å². The molecule has 104 valence electrons. The molecule has 0 saturated heterocycles. The molecule has 0 aromatic heterocycles. The summed E-state index contributed by atoms with van der Waals surface area (Å²) in [6, 6.07) is 5.82. The number of hydrogen-bond acceptors (Lipinski definition) is 2. The van der Waals surface area contributed by atoms with Gasteiger partial charge in [-0.25, -0.2) is 0 Å². The number of carbonyl (C=O) groups excluding carboxylic acids is 1. The molecule has 19 heavy (non-hydrogen) atoms. The maximum Gasteiger partial charge on any atom is 0.308 e. The molecule has 2 nitrogen and oxygen atoms in total. The molecule has 0 bridgehead atoms. The predicted molar refractivity (Wildman–Crippen MR) is 77.8 cm³/mol. The van der Waals surface area contributed by atoms with Crippen LogP contribution in [0.5, 0.6) is 0 Å². The van der Waals surface area contributed by atoms with E-state index < -0.39 is 0 Å². The maximum atomic E-state index is 11.7. The molecule has 1 fully saturated rings. The lowest BCUT2D eigenvalue weighted by Gasteiger charge is -2.27. The second kappa shape index (κ2) is 6.62. The Morgan fingerprint density at radius 2 is 1.89 bits per heavy atom. The zero-order valence-electron chi connectivity index (χ0n) is 11.0. The molecule has 1 aromatic carbocycles. The van der Waals surface area contributed by atoms with Crippen molar-refractivity contribution in [1.29, 1.82) is 0 Å². The van der Waals surface area contributed by atoms with Crippen LogP contribution in [0.15, 0.2) is 18.2 Å². The van der Waals surface area contributed by atoms with Crippen LogP contribution in [0.25, 0.3) is 0 Å². The first-order chi connectivity index (χ1) is 9.11. The Hall–Kier alpha value is -0.730. The number of halogens is 2. The Balaban J connectivity index is 1.96. The van der Waals surface area contributed by atoms with Gasteiger partial charge in [0.1, 0.15) is 0 Å². The van der Waals surface area contributed by atoms with Crippen LogP contribution >= 0.6 is 23.2 Å². The summed E-state index contributed by atoms with van der Waals surface area (Å²) in [7, 11) is 0. The number of benzene rings is 1. The summed E-state index contributed by atoms with van der Waals surface area (Å²) in [5.74, 6) is 0.495. The smallest absolute Gasteiger partial charge is 0.308 e. The second-order valence-electron chi connectivity index (χ2n) is 4.97. The first-order valence-electron chi connectivity index (χ1n) is 6.73. The first kappa shape index (κ1) is 14.7. The summed E-state index contributed by atoms with van der Waals surface area (Å²) in [5, 5.41) is 1.19. The summed E-state index contributed by atoms with van der Waals surface area (Å²) in [4.78, 5) is 11.7. The molecule has 1 aliphatic carbocycles. The van der Waals surface area contributed by atoms with E-state index in [1.807, 2.05) is 25.1 Å². The van der Waals surface area contributed by atoms with Crippen LogP contribution in [0.2, 0.25) is 10.0 Å². The van der Waals surface area contributed by atoms with Crippen molar-refractivity contribution in [2.75, 3.05) is 6.61 Å². The third kappa shape index (κ3) is 3.64. The Morgan fingerprint density at radius 1 is 1.21 bits per heavy atom. The minimum atomic E-state index is -0.0462. The summed E-state index contributed by atoms with van der Waals surface area (Å²) < 4.78 is 5.08. The van der Waals surface area contributed by atoms with Gasteiger partial charge >= 0.3 is 5.97 Å². The van der Waals surface area contributed by atoms with Gasteiger partial charge in [0.2, 0.25) is 0 Å². The molecule has 0 heterocycles. The Bertz CT molecular complexity index is 451. The largest absolute Gasteiger partial charge is 0.466 e. The van der Waals surface area contributed by atoms with E-state index in [0.29, 0.717) is 22.6 Å². The van der Waals surface area contributed by atoms with Gasteiger partial charge < -0.3 is 4.74 Å². The van der Waals surface area contributed by atoms with E-state index in [1.54, 1.807) is 0 Å². The van der Waals surface area contributed by atoms with Crippen molar-refractivity contribution in [2.24, 2.45) is 5.92 Å². The van der Waals surface area contributed by atoms with Gasteiger partial charge in [0.05, 0.1) is 22.6 Å². The van der Waals surface area contributed by atoms with Crippen molar-refractivity contribution in [3.63, 3.8) is 0 Å². The number of ether oxygens (including phenoxy) is 1. The van der Waals surface area contributed by atoms with E-state index in [2.05, 4.69) is 0 Å². The molecule has 1 saturated carbocycles. The van der Waals surface area contributed by atoms with Crippen LogP contribution in [0.3, 0.4) is 0 Å². The van der Waals surface area contributed by atoms with Gasteiger partial charge in [0, 0.05) is 0 Å². The molecule has 2 rings (SSSR count). The van der Waals surface area contributed by atoms with Crippen LogP contribution < -0.4 is 0 Å². The molecule has 0 spiro atoms. The number of hydrogen-bond donors (Lipinski definition) is 0. The average Bonchev–Trinajstić information content (AvgIpc) is 2.42. The molecular formula is C15H18Cl2O2. The van der Waals surface area contributed by atoms with Gasteiger partial charge in [-0.3, -0.25) is 4.79 Å². The lowest BCUT2D eigenvalue weighted by atomic mass is 9.79. The van der Waals surface area contributed by atoms with Gasteiger partial charge in [0.15, 0.2) is 0 Å². The molecule has 4 heteroatoms. The minimum absolute atomic E-state index is 0.0462. The molecule has 0 aliphatic heterocycles. The van der Waals surface area contributed by atoms with Crippen molar-refractivity contribution < 1.29 is 9.53 Å². The average molecular weight is 301 g/mol. The Labute approximate surface area is 124 Å². The molecular weight excluding hydrogens is 283 g/mol.